The molecule has 1 saturated heterocycles. The van der Waals surface area contributed by atoms with Gasteiger partial charge in [0.2, 0.25) is 10.0 Å². The molecule has 1 aliphatic rings. The van der Waals surface area contributed by atoms with Gasteiger partial charge in [-0.25, -0.2) is 30.3 Å². The van der Waals surface area contributed by atoms with Gasteiger partial charge in [-0.1, -0.05) is 44.2 Å². The molecule has 4 rings (SSSR count). The zero-order chi connectivity index (χ0) is 24.7. The van der Waals surface area contributed by atoms with E-state index in [1.54, 1.807) is 36.4 Å². The molecule has 0 spiro atoms. The van der Waals surface area contributed by atoms with E-state index in [1.807, 2.05) is 13.8 Å². The Bertz CT molecular complexity index is 1420. The molecule has 0 atom stereocenters. The lowest BCUT2D eigenvalue weighted by Crippen LogP contribution is -2.46. The van der Waals surface area contributed by atoms with Crippen molar-refractivity contribution in [2.24, 2.45) is 0 Å². The molecule has 2 heterocycles. The Labute approximate surface area is 199 Å². The maximum Gasteiger partial charge on any atom is 0.407 e. The number of nitrogens with one attached hydrogen (secondary N) is 1. The van der Waals surface area contributed by atoms with Crippen LogP contribution in [0.5, 0.6) is 0 Å². The second-order valence-corrected chi connectivity index (χ2v) is 12.2. The third kappa shape index (κ3) is 4.42. The maximum absolute atomic E-state index is 13.5. The predicted octanol–water partition coefficient (Wildman–Crippen LogP) is 3.42. The summed E-state index contributed by atoms with van der Waals surface area (Å²) in [6.45, 7) is 4.29. The molecule has 0 saturated carbocycles. The number of carbonyl (C=O) groups is 1. The van der Waals surface area contributed by atoms with E-state index in [9.17, 15) is 21.6 Å². The Hall–Kier alpha value is -2.89. The monoisotopic (exact) mass is 505 g/mol. The third-order valence-corrected chi connectivity index (χ3v) is 9.31. The van der Waals surface area contributed by atoms with Crippen molar-refractivity contribution in [3.8, 4) is 0 Å². The van der Waals surface area contributed by atoms with Crippen LogP contribution in [0.15, 0.2) is 64.5 Å². The molecule has 9 nitrogen and oxygen atoms in total. The van der Waals surface area contributed by atoms with Crippen LogP contribution >= 0.6 is 0 Å². The lowest BCUT2D eigenvalue weighted by molar-refractivity contribution is 0.131. The molecule has 182 valence electrons. The molecule has 2 N–H and O–H groups in total. The summed E-state index contributed by atoms with van der Waals surface area (Å²) in [5.74, 6) is -0.0493. The first-order chi connectivity index (χ1) is 16.0. The average molecular weight is 506 g/mol. The molecular formula is C23H27N3O6S2. The number of aromatic nitrogens is 1. The second-order valence-electron chi connectivity index (χ2n) is 8.67. The van der Waals surface area contributed by atoms with Gasteiger partial charge in [-0.3, -0.25) is 0 Å². The fourth-order valence-electron chi connectivity index (χ4n) is 4.31. The van der Waals surface area contributed by atoms with E-state index in [0.717, 1.165) is 9.54 Å². The van der Waals surface area contributed by atoms with Crippen LogP contribution in [0.2, 0.25) is 0 Å². The van der Waals surface area contributed by atoms with Crippen LogP contribution in [0.1, 0.15) is 38.2 Å². The molecule has 11 heteroatoms. The summed E-state index contributed by atoms with van der Waals surface area (Å²) in [5.41, 5.74) is 1.01. The van der Waals surface area contributed by atoms with E-state index in [-0.39, 0.29) is 34.3 Å². The number of sulfonamides is 1. The van der Waals surface area contributed by atoms with Crippen LogP contribution in [0.25, 0.3) is 10.9 Å². The first kappa shape index (κ1) is 24.2. The van der Waals surface area contributed by atoms with Crippen LogP contribution in [-0.2, 0) is 20.0 Å². The summed E-state index contributed by atoms with van der Waals surface area (Å²) in [5, 5.41) is 9.50. The highest BCUT2D eigenvalue weighted by Crippen LogP contribution is 2.35. The Morgan fingerprint density at radius 2 is 1.65 bits per heavy atom. The molecule has 1 fully saturated rings. The van der Waals surface area contributed by atoms with E-state index >= 15 is 0 Å². The topological polar surface area (TPSA) is 126 Å². The number of piperidine rings is 1. The van der Waals surface area contributed by atoms with Crippen molar-refractivity contribution in [3.63, 3.8) is 0 Å². The zero-order valence-corrected chi connectivity index (χ0v) is 20.5. The van der Waals surface area contributed by atoms with Gasteiger partial charge in [-0.2, -0.15) is 0 Å². The van der Waals surface area contributed by atoms with Crippen LogP contribution in [-0.4, -0.2) is 56.0 Å². The van der Waals surface area contributed by atoms with Crippen molar-refractivity contribution < 1.29 is 26.7 Å². The summed E-state index contributed by atoms with van der Waals surface area (Å²) < 4.78 is 57.7. The van der Waals surface area contributed by atoms with Crippen LogP contribution in [0.4, 0.5) is 4.79 Å². The minimum atomic E-state index is -4.10. The molecule has 0 radical (unpaired) electrons. The number of carboxylic acid groups (broad SMARTS) is 1. The Morgan fingerprint density at radius 1 is 1.00 bits per heavy atom. The van der Waals surface area contributed by atoms with Crippen molar-refractivity contribution in [1.82, 2.24) is 13.6 Å². The number of amides is 1. The Kier molecular flexibility index (Phi) is 6.45. The molecule has 2 aromatic carbocycles. The Morgan fingerprint density at radius 3 is 2.24 bits per heavy atom. The van der Waals surface area contributed by atoms with Gasteiger partial charge in [0.1, 0.15) is 4.90 Å². The van der Waals surface area contributed by atoms with E-state index in [1.165, 1.54) is 23.2 Å². The molecule has 1 amide bonds. The molecule has 0 aliphatic carbocycles. The summed E-state index contributed by atoms with van der Waals surface area (Å²) >= 11 is 0. The second kappa shape index (κ2) is 9.05. The average Bonchev–Trinajstić information content (AvgIpc) is 3.21. The quantitative estimate of drug-likeness (QED) is 0.529. The third-order valence-electron chi connectivity index (χ3n) is 6.09. The van der Waals surface area contributed by atoms with Gasteiger partial charge in [0.15, 0.2) is 0 Å². The molecule has 1 aromatic heterocycles. The van der Waals surface area contributed by atoms with Gasteiger partial charge in [-0.05, 0) is 42.5 Å². The highest BCUT2D eigenvalue weighted by Gasteiger charge is 2.31. The zero-order valence-electron chi connectivity index (χ0n) is 18.9. The summed E-state index contributed by atoms with van der Waals surface area (Å²) in [6, 6.07) is 12.5. The van der Waals surface area contributed by atoms with Crippen molar-refractivity contribution in [3.05, 3.63) is 60.3 Å². The summed E-state index contributed by atoms with van der Waals surface area (Å²) in [4.78, 5) is 12.4. The fourth-order valence-corrected chi connectivity index (χ4v) is 7.30. The van der Waals surface area contributed by atoms with Gasteiger partial charge in [0, 0.05) is 30.7 Å². The van der Waals surface area contributed by atoms with Gasteiger partial charge >= 0.3 is 6.09 Å². The molecular weight excluding hydrogens is 478 g/mol. The van der Waals surface area contributed by atoms with Crippen molar-refractivity contribution >= 4 is 37.0 Å². The maximum atomic E-state index is 13.5. The van der Waals surface area contributed by atoms with Crippen LogP contribution in [0, 0.1) is 0 Å². The number of nitrogens with zero attached hydrogens (tertiary/aromatic N) is 2. The lowest BCUT2D eigenvalue weighted by atomic mass is 9.99. The van der Waals surface area contributed by atoms with E-state index in [4.69, 9.17) is 5.11 Å². The highest BCUT2D eigenvalue weighted by molar-refractivity contribution is 7.91. The largest absolute Gasteiger partial charge is 0.465 e. The highest BCUT2D eigenvalue weighted by atomic mass is 32.2. The van der Waals surface area contributed by atoms with Crippen molar-refractivity contribution in [1.29, 1.82) is 0 Å². The standard InChI is InChI=1S/C23H27N3O6S2/c1-16(2)19-9-6-10-20-22(19)21(15-26(20)34(31,32)18-7-4-3-5-8-18)33(29,30)24-17-11-13-25(14-12-17)23(27)28/h3-10,15-17,24H,11-14H2,1-2H3,(H,27,28). The van der Waals surface area contributed by atoms with E-state index in [2.05, 4.69) is 4.72 Å². The molecule has 0 unspecified atom stereocenters. The number of hydrogen-bond acceptors (Lipinski definition) is 5. The van der Waals surface area contributed by atoms with E-state index in [0.29, 0.717) is 18.2 Å². The van der Waals surface area contributed by atoms with Gasteiger partial charge in [0.25, 0.3) is 10.0 Å². The van der Waals surface area contributed by atoms with Gasteiger partial charge in [-0.15, -0.1) is 0 Å². The van der Waals surface area contributed by atoms with Crippen LogP contribution < -0.4 is 4.72 Å². The molecule has 34 heavy (non-hydrogen) atoms. The number of benzene rings is 2. The van der Waals surface area contributed by atoms with Crippen molar-refractivity contribution in [2.45, 2.75) is 48.4 Å². The minimum absolute atomic E-state index is 0.0493. The molecule has 3 aromatic rings. The Balaban J connectivity index is 1.82. The number of likely N-dealkylation sites (tertiary alicyclic amines) is 1. The SMILES string of the molecule is CC(C)c1cccc2c1c(S(=O)(=O)NC1CCN(C(=O)O)CC1)cn2S(=O)(=O)c1ccccc1. The number of rotatable bonds is 6. The molecule has 1 aliphatic heterocycles. The number of hydrogen-bond donors (Lipinski definition) is 2. The smallest absolute Gasteiger partial charge is 0.407 e. The summed E-state index contributed by atoms with van der Waals surface area (Å²) in [7, 11) is -8.15. The predicted molar refractivity (Wildman–Crippen MR) is 128 cm³/mol. The minimum Gasteiger partial charge on any atom is -0.465 e. The van der Waals surface area contributed by atoms with Crippen LogP contribution in [0.3, 0.4) is 0 Å². The number of fused-ring (bicyclic) bond motifs is 1. The first-order valence-corrected chi connectivity index (χ1v) is 13.9. The normalized spacial score (nSPS) is 15.8. The molecule has 0 bridgehead atoms. The summed E-state index contributed by atoms with van der Waals surface area (Å²) in [6.07, 6.45) is 0.817. The fraction of sp³-hybridized carbons (Fsp3) is 0.348. The first-order valence-electron chi connectivity index (χ1n) is 11.0. The lowest BCUT2D eigenvalue weighted by Gasteiger charge is -2.30. The van der Waals surface area contributed by atoms with Crippen molar-refractivity contribution in [2.75, 3.05) is 13.1 Å². The van der Waals surface area contributed by atoms with Gasteiger partial charge < -0.3 is 10.0 Å². The van der Waals surface area contributed by atoms with E-state index < -0.39 is 32.2 Å². The van der Waals surface area contributed by atoms with Gasteiger partial charge in [0.05, 0.1) is 10.4 Å².